The van der Waals surface area contributed by atoms with Gasteiger partial charge in [0.15, 0.2) is 0 Å². The number of amides is 1. The highest BCUT2D eigenvalue weighted by molar-refractivity contribution is 5.92. The van der Waals surface area contributed by atoms with Crippen molar-refractivity contribution in [3.63, 3.8) is 0 Å². The molecule has 1 aromatic heterocycles. The molecule has 2 aliphatic rings. The summed E-state index contributed by atoms with van der Waals surface area (Å²) in [6.45, 7) is 2.91. The Labute approximate surface area is 149 Å². The highest BCUT2D eigenvalue weighted by Crippen LogP contribution is 2.39. The van der Waals surface area contributed by atoms with Crippen LogP contribution in [0.2, 0.25) is 0 Å². The van der Waals surface area contributed by atoms with Gasteiger partial charge in [0.25, 0.3) is 5.91 Å². The zero-order chi connectivity index (χ0) is 17.2. The SMILES string of the molecule is CN(Cc1ccc(N2CCCCC2)cc1)C(=O)c1cc(C2CC2)[nH]n1. The van der Waals surface area contributed by atoms with Gasteiger partial charge < -0.3 is 9.80 Å². The molecule has 1 saturated carbocycles. The Morgan fingerprint density at radius 2 is 1.92 bits per heavy atom. The Morgan fingerprint density at radius 3 is 2.60 bits per heavy atom. The highest BCUT2D eigenvalue weighted by Gasteiger charge is 2.27. The number of carbonyl (C=O) groups excluding carboxylic acids is 1. The van der Waals surface area contributed by atoms with Gasteiger partial charge in [0.2, 0.25) is 0 Å². The van der Waals surface area contributed by atoms with Crippen LogP contribution in [0.3, 0.4) is 0 Å². The van der Waals surface area contributed by atoms with E-state index in [2.05, 4.69) is 39.4 Å². The van der Waals surface area contributed by atoms with Gasteiger partial charge in [-0.25, -0.2) is 0 Å². The van der Waals surface area contributed by atoms with E-state index in [0.717, 1.165) is 24.3 Å². The summed E-state index contributed by atoms with van der Waals surface area (Å²) in [6.07, 6.45) is 6.32. The molecule has 1 N–H and O–H groups in total. The Kier molecular flexibility index (Phi) is 4.47. The first-order valence-corrected chi connectivity index (χ1v) is 9.35. The molecule has 2 fully saturated rings. The van der Waals surface area contributed by atoms with Crippen LogP contribution < -0.4 is 4.90 Å². The van der Waals surface area contributed by atoms with Gasteiger partial charge in [-0.2, -0.15) is 5.10 Å². The van der Waals surface area contributed by atoms with Crippen molar-refractivity contribution in [2.24, 2.45) is 0 Å². The molecular formula is C20H26N4O. The number of aromatic nitrogens is 2. The normalized spacial score (nSPS) is 17.6. The zero-order valence-corrected chi connectivity index (χ0v) is 14.9. The van der Waals surface area contributed by atoms with Crippen LogP contribution in [0.15, 0.2) is 30.3 Å². The molecule has 0 unspecified atom stereocenters. The van der Waals surface area contributed by atoms with Crippen LogP contribution in [0.5, 0.6) is 0 Å². The summed E-state index contributed by atoms with van der Waals surface area (Å²) < 4.78 is 0. The summed E-state index contributed by atoms with van der Waals surface area (Å²) in [5.41, 5.74) is 4.06. The first-order valence-electron chi connectivity index (χ1n) is 9.35. The van der Waals surface area contributed by atoms with E-state index in [1.807, 2.05) is 13.1 Å². The van der Waals surface area contributed by atoms with E-state index in [-0.39, 0.29) is 5.91 Å². The molecule has 0 atom stereocenters. The first-order chi connectivity index (χ1) is 12.2. The smallest absolute Gasteiger partial charge is 0.274 e. The number of H-pyrrole nitrogens is 1. The van der Waals surface area contributed by atoms with Crippen LogP contribution in [0.25, 0.3) is 0 Å². The van der Waals surface area contributed by atoms with Crippen molar-refractivity contribution < 1.29 is 4.79 Å². The second-order valence-corrected chi connectivity index (χ2v) is 7.36. The minimum absolute atomic E-state index is 0.0248. The topological polar surface area (TPSA) is 52.2 Å². The van der Waals surface area contributed by atoms with Crippen LogP contribution in [0.1, 0.15) is 59.8 Å². The predicted molar refractivity (Wildman–Crippen MR) is 98.9 cm³/mol. The highest BCUT2D eigenvalue weighted by atomic mass is 16.2. The van der Waals surface area contributed by atoms with Gasteiger partial charge in [-0.15, -0.1) is 0 Å². The molecule has 0 radical (unpaired) electrons. The van der Waals surface area contributed by atoms with Gasteiger partial charge in [0.1, 0.15) is 5.69 Å². The molecule has 1 aliphatic carbocycles. The van der Waals surface area contributed by atoms with Gasteiger partial charge in [-0.1, -0.05) is 12.1 Å². The Bertz CT molecular complexity index is 726. The minimum atomic E-state index is -0.0248. The number of anilines is 1. The van der Waals surface area contributed by atoms with Crippen molar-refractivity contribution in [1.29, 1.82) is 0 Å². The molecule has 1 aliphatic heterocycles. The maximum Gasteiger partial charge on any atom is 0.274 e. The Hall–Kier alpha value is -2.30. The largest absolute Gasteiger partial charge is 0.372 e. The van der Waals surface area contributed by atoms with Gasteiger partial charge in [-0.05, 0) is 55.9 Å². The Morgan fingerprint density at radius 1 is 1.20 bits per heavy atom. The molecule has 1 aromatic carbocycles. The number of hydrogen-bond acceptors (Lipinski definition) is 3. The molecule has 2 heterocycles. The molecule has 0 spiro atoms. The average molecular weight is 338 g/mol. The molecule has 0 bridgehead atoms. The van der Waals surface area contributed by atoms with Crippen molar-refractivity contribution in [2.75, 3.05) is 25.0 Å². The molecule has 1 saturated heterocycles. The molecule has 4 rings (SSSR count). The van der Waals surface area contributed by atoms with E-state index in [9.17, 15) is 4.79 Å². The van der Waals surface area contributed by atoms with E-state index in [4.69, 9.17) is 0 Å². The number of benzene rings is 1. The number of nitrogens with zero attached hydrogens (tertiary/aromatic N) is 3. The van der Waals surface area contributed by atoms with Crippen LogP contribution in [0, 0.1) is 0 Å². The number of nitrogens with one attached hydrogen (secondary N) is 1. The van der Waals surface area contributed by atoms with Crippen LogP contribution in [-0.4, -0.2) is 41.1 Å². The summed E-state index contributed by atoms with van der Waals surface area (Å²) in [6, 6.07) is 10.5. The molecular weight excluding hydrogens is 312 g/mol. The Balaban J connectivity index is 1.37. The van der Waals surface area contributed by atoms with E-state index in [1.54, 1.807) is 4.90 Å². The van der Waals surface area contributed by atoms with Crippen molar-refractivity contribution in [3.8, 4) is 0 Å². The quantitative estimate of drug-likeness (QED) is 0.907. The minimum Gasteiger partial charge on any atom is -0.372 e. The molecule has 1 amide bonds. The summed E-state index contributed by atoms with van der Waals surface area (Å²) in [5.74, 6) is 0.560. The fraction of sp³-hybridized carbons (Fsp3) is 0.500. The lowest BCUT2D eigenvalue weighted by atomic mass is 10.1. The fourth-order valence-electron chi connectivity index (χ4n) is 3.56. The van der Waals surface area contributed by atoms with E-state index >= 15 is 0 Å². The number of aromatic amines is 1. The fourth-order valence-corrected chi connectivity index (χ4v) is 3.56. The molecule has 25 heavy (non-hydrogen) atoms. The molecule has 5 nitrogen and oxygen atoms in total. The second-order valence-electron chi connectivity index (χ2n) is 7.36. The lowest BCUT2D eigenvalue weighted by Crippen LogP contribution is -2.29. The molecule has 5 heteroatoms. The summed E-state index contributed by atoms with van der Waals surface area (Å²) >= 11 is 0. The number of rotatable bonds is 5. The van der Waals surface area contributed by atoms with E-state index < -0.39 is 0 Å². The molecule has 132 valence electrons. The van der Waals surface area contributed by atoms with Gasteiger partial charge in [-0.3, -0.25) is 9.89 Å². The standard InChI is InChI=1S/C20H26N4O/c1-23(20(25)19-13-18(21-22-19)16-7-8-16)14-15-5-9-17(10-6-15)24-11-3-2-4-12-24/h5-6,9-10,13,16H,2-4,7-8,11-12,14H2,1H3,(H,21,22). The van der Waals surface area contributed by atoms with E-state index in [0.29, 0.717) is 18.2 Å². The second kappa shape index (κ2) is 6.90. The number of piperidine rings is 1. The van der Waals surface area contributed by atoms with Crippen molar-refractivity contribution in [1.82, 2.24) is 15.1 Å². The zero-order valence-electron chi connectivity index (χ0n) is 14.9. The average Bonchev–Trinajstić information content (AvgIpc) is 3.39. The van der Waals surface area contributed by atoms with Gasteiger partial charge in [0, 0.05) is 44.0 Å². The van der Waals surface area contributed by atoms with Gasteiger partial charge >= 0.3 is 0 Å². The first kappa shape index (κ1) is 16.2. The third kappa shape index (κ3) is 3.70. The van der Waals surface area contributed by atoms with Crippen molar-refractivity contribution in [2.45, 2.75) is 44.6 Å². The van der Waals surface area contributed by atoms with Gasteiger partial charge in [0.05, 0.1) is 0 Å². The summed E-state index contributed by atoms with van der Waals surface area (Å²) in [4.78, 5) is 16.7. The van der Waals surface area contributed by atoms with Crippen molar-refractivity contribution in [3.05, 3.63) is 47.3 Å². The molecule has 2 aromatic rings. The summed E-state index contributed by atoms with van der Waals surface area (Å²) in [5, 5.41) is 7.20. The third-order valence-corrected chi connectivity index (χ3v) is 5.26. The van der Waals surface area contributed by atoms with E-state index in [1.165, 1.54) is 37.8 Å². The summed E-state index contributed by atoms with van der Waals surface area (Å²) in [7, 11) is 1.84. The van der Waals surface area contributed by atoms with Crippen LogP contribution in [-0.2, 0) is 6.54 Å². The number of hydrogen-bond donors (Lipinski definition) is 1. The lowest BCUT2D eigenvalue weighted by molar-refractivity contribution is 0.0779. The van der Waals surface area contributed by atoms with Crippen LogP contribution in [0.4, 0.5) is 5.69 Å². The number of carbonyl (C=O) groups is 1. The van der Waals surface area contributed by atoms with Crippen molar-refractivity contribution >= 4 is 11.6 Å². The third-order valence-electron chi connectivity index (χ3n) is 5.26. The van der Waals surface area contributed by atoms with Crippen LogP contribution >= 0.6 is 0 Å². The lowest BCUT2D eigenvalue weighted by Gasteiger charge is -2.29. The monoisotopic (exact) mass is 338 g/mol. The maximum atomic E-state index is 12.6. The predicted octanol–water partition coefficient (Wildman–Crippen LogP) is 3.55. The maximum absolute atomic E-state index is 12.6.